The number of carbonyl (C=O) groups excluding carboxylic acids is 1. The van der Waals surface area contributed by atoms with Crippen LogP contribution in [0.3, 0.4) is 0 Å². The van der Waals surface area contributed by atoms with Crippen molar-refractivity contribution in [2.75, 3.05) is 6.54 Å². The minimum atomic E-state index is -0.757. The number of carbonyl (C=O) groups is 1. The van der Waals surface area contributed by atoms with Crippen molar-refractivity contribution >= 4 is 6.03 Å². The summed E-state index contributed by atoms with van der Waals surface area (Å²) in [5, 5.41) is 6.67. The Labute approximate surface area is 136 Å². The van der Waals surface area contributed by atoms with Crippen LogP contribution in [-0.4, -0.2) is 31.9 Å². The van der Waals surface area contributed by atoms with E-state index in [0.717, 1.165) is 30.3 Å². The SMILES string of the molecule is CCCCCCNC(=O)n1cc(-c2ccnn2C)c(=O)[nH]c1=O.[HH].[HH]. The van der Waals surface area contributed by atoms with Gasteiger partial charge in [0.25, 0.3) is 5.56 Å². The summed E-state index contributed by atoms with van der Waals surface area (Å²) < 4.78 is 2.38. The molecule has 8 nitrogen and oxygen atoms in total. The lowest BCUT2D eigenvalue weighted by molar-refractivity contribution is 0.241. The highest BCUT2D eigenvalue weighted by Crippen LogP contribution is 2.11. The maximum Gasteiger partial charge on any atom is 0.336 e. The third kappa shape index (κ3) is 3.97. The summed E-state index contributed by atoms with van der Waals surface area (Å²) in [5.41, 5.74) is -0.570. The Kier molecular flexibility index (Phi) is 5.51. The van der Waals surface area contributed by atoms with Gasteiger partial charge in [0, 0.05) is 28.8 Å². The Morgan fingerprint density at radius 2 is 2.13 bits per heavy atom. The highest BCUT2D eigenvalue weighted by atomic mass is 16.2. The number of rotatable bonds is 6. The van der Waals surface area contributed by atoms with E-state index in [-0.39, 0.29) is 8.42 Å². The van der Waals surface area contributed by atoms with Crippen LogP contribution in [0.25, 0.3) is 11.3 Å². The zero-order chi connectivity index (χ0) is 16.8. The molecule has 8 heteroatoms. The van der Waals surface area contributed by atoms with Crippen LogP contribution in [-0.2, 0) is 7.05 Å². The molecule has 0 radical (unpaired) electrons. The summed E-state index contributed by atoms with van der Waals surface area (Å²) in [4.78, 5) is 38.1. The number of unbranched alkanes of at least 4 members (excludes halogenated alkanes) is 3. The van der Waals surface area contributed by atoms with Crippen LogP contribution in [0.15, 0.2) is 28.0 Å². The van der Waals surface area contributed by atoms with Crippen molar-refractivity contribution in [1.29, 1.82) is 0 Å². The molecule has 1 amide bonds. The molecular formula is C15H25N5O3. The third-order valence-electron chi connectivity index (χ3n) is 3.56. The van der Waals surface area contributed by atoms with Gasteiger partial charge in [-0.25, -0.2) is 14.2 Å². The second-order valence-corrected chi connectivity index (χ2v) is 5.30. The lowest BCUT2D eigenvalue weighted by Gasteiger charge is -2.08. The van der Waals surface area contributed by atoms with E-state index < -0.39 is 17.3 Å². The molecule has 0 aromatic carbocycles. The number of nitrogens with one attached hydrogen (secondary N) is 2. The number of nitrogens with zero attached hydrogens (tertiary/aromatic N) is 3. The number of aryl methyl sites for hydroxylation is 1. The maximum absolute atomic E-state index is 12.1. The molecular weight excluding hydrogens is 298 g/mol. The van der Waals surface area contributed by atoms with Gasteiger partial charge in [0.05, 0.1) is 11.3 Å². The fourth-order valence-electron chi connectivity index (χ4n) is 2.27. The molecule has 2 aromatic rings. The van der Waals surface area contributed by atoms with Crippen LogP contribution < -0.4 is 16.6 Å². The summed E-state index contributed by atoms with van der Waals surface area (Å²) in [6.45, 7) is 2.60. The highest BCUT2D eigenvalue weighted by Gasteiger charge is 2.14. The van der Waals surface area contributed by atoms with Crippen molar-refractivity contribution < 1.29 is 7.65 Å². The molecule has 2 heterocycles. The molecule has 2 aromatic heterocycles. The zero-order valence-corrected chi connectivity index (χ0v) is 13.3. The average Bonchev–Trinajstić information content (AvgIpc) is 2.93. The topological polar surface area (TPSA) is 102 Å². The quantitative estimate of drug-likeness (QED) is 0.788. The van der Waals surface area contributed by atoms with E-state index in [2.05, 4.69) is 22.3 Å². The van der Waals surface area contributed by atoms with Crippen LogP contribution in [0, 0.1) is 0 Å². The Morgan fingerprint density at radius 3 is 2.78 bits per heavy atom. The van der Waals surface area contributed by atoms with E-state index in [9.17, 15) is 14.4 Å². The molecule has 0 atom stereocenters. The van der Waals surface area contributed by atoms with Gasteiger partial charge in [0.2, 0.25) is 0 Å². The Morgan fingerprint density at radius 1 is 1.35 bits per heavy atom. The molecule has 0 saturated carbocycles. The highest BCUT2D eigenvalue weighted by molar-refractivity contribution is 5.77. The van der Waals surface area contributed by atoms with Crippen LogP contribution in [0.2, 0.25) is 0 Å². The lowest BCUT2D eigenvalue weighted by atomic mass is 10.2. The molecule has 0 aliphatic heterocycles. The number of amides is 1. The van der Waals surface area contributed by atoms with Crippen LogP contribution in [0.1, 0.15) is 35.5 Å². The van der Waals surface area contributed by atoms with Gasteiger partial charge in [-0.05, 0) is 12.5 Å². The first-order valence-corrected chi connectivity index (χ1v) is 7.67. The molecule has 0 aliphatic carbocycles. The molecule has 0 spiro atoms. The largest absolute Gasteiger partial charge is 0.337 e. The number of aromatic nitrogens is 4. The molecule has 2 rings (SSSR count). The van der Waals surface area contributed by atoms with Crippen LogP contribution in [0.5, 0.6) is 0 Å². The monoisotopic (exact) mass is 323 g/mol. The Bertz CT molecular complexity index is 797. The van der Waals surface area contributed by atoms with Gasteiger partial charge in [-0.15, -0.1) is 0 Å². The first-order valence-electron chi connectivity index (χ1n) is 7.67. The van der Waals surface area contributed by atoms with E-state index in [0.29, 0.717) is 12.2 Å². The van der Waals surface area contributed by atoms with Gasteiger partial charge < -0.3 is 5.32 Å². The van der Waals surface area contributed by atoms with E-state index in [4.69, 9.17) is 0 Å². The van der Waals surface area contributed by atoms with Crippen molar-refractivity contribution in [3.63, 3.8) is 0 Å². The predicted molar refractivity (Wildman–Crippen MR) is 90.7 cm³/mol. The fourth-order valence-corrected chi connectivity index (χ4v) is 2.27. The smallest absolute Gasteiger partial charge is 0.336 e. The zero-order valence-electron chi connectivity index (χ0n) is 13.3. The maximum atomic E-state index is 12.1. The van der Waals surface area contributed by atoms with Gasteiger partial charge in [-0.3, -0.25) is 14.5 Å². The number of aromatic amines is 1. The van der Waals surface area contributed by atoms with Gasteiger partial charge in [-0.1, -0.05) is 26.2 Å². The summed E-state index contributed by atoms with van der Waals surface area (Å²) in [6.07, 6.45) is 6.89. The van der Waals surface area contributed by atoms with Gasteiger partial charge in [0.1, 0.15) is 0 Å². The summed E-state index contributed by atoms with van der Waals surface area (Å²) in [5.74, 6) is 0. The van der Waals surface area contributed by atoms with Crippen molar-refractivity contribution in [1.82, 2.24) is 24.6 Å². The number of hydrogen-bond acceptors (Lipinski definition) is 4. The molecule has 0 bridgehead atoms. The predicted octanol–water partition coefficient (Wildman–Crippen LogP) is 1.57. The Hall–Kier alpha value is -2.64. The summed E-state index contributed by atoms with van der Waals surface area (Å²) >= 11 is 0. The normalized spacial score (nSPS) is 10.7. The van der Waals surface area contributed by atoms with Crippen LogP contribution >= 0.6 is 0 Å². The third-order valence-corrected chi connectivity index (χ3v) is 3.56. The molecule has 0 unspecified atom stereocenters. The minimum absolute atomic E-state index is 0. The molecule has 23 heavy (non-hydrogen) atoms. The van der Waals surface area contributed by atoms with Crippen molar-refractivity contribution in [2.45, 2.75) is 32.6 Å². The lowest BCUT2D eigenvalue weighted by Crippen LogP contribution is -2.40. The minimum Gasteiger partial charge on any atom is -0.337 e. The van der Waals surface area contributed by atoms with E-state index in [1.165, 1.54) is 17.1 Å². The average molecular weight is 323 g/mol. The number of H-pyrrole nitrogens is 1. The Balaban J connectivity index is 0.00000288. The van der Waals surface area contributed by atoms with E-state index in [1.807, 2.05) is 0 Å². The fraction of sp³-hybridized carbons (Fsp3) is 0.467. The molecule has 2 N–H and O–H groups in total. The number of hydrogen-bond donors (Lipinski definition) is 2. The molecule has 0 aliphatic rings. The molecule has 0 fully saturated rings. The van der Waals surface area contributed by atoms with E-state index in [1.54, 1.807) is 13.1 Å². The van der Waals surface area contributed by atoms with Crippen LogP contribution in [0.4, 0.5) is 4.79 Å². The van der Waals surface area contributed by atoms with Gasteiger partial charge in [-0.2, -0.15) is 5.10 Å². The van der Waals surface area contributed by atoms with Crippen molar-refractivity contribution in [3.05, 3.63) is 39.3 Å². The first kappa shape index (κ1) is 16.7. The summed E-state index contributed by atoms with van der Waals surface area (Å²) in [7, 11) is 1.68. The van der Waals surface area contributed by atoms with Crippen molar-refractivity contribution in [3.8, 4) is 11.3 Å². The van der Waals surface area contributed by atoms with E-state index >= 15 is 0 Å². The summed E-state index contributed by atoms with van der Waals surface area (Å²) in [6, 6.07) is 1.09. The standard InChI is InChI=1S/C15H21N5O3.2H2/c1-3-4-5-6-8-16-14(22)20-10-11(13(21)18-15(20)23)12-7-9-17-19(12)2;;/h7,9-10H,3-6,8H2,1-2H3,(H,16,22)(H,18,21,23);2*1H. The second kappa shape index (κ2) is 7.57. The first-order chi connectivity index (χ1) is 11.0. The van der Waals surface area contributed by atoms with Gasteiger partial charge >= 0.3 is 11.7 Å². The van der Waals surface area contributed by atoms with Gasteiger partial charge in [0.15, 0.2) is 0 Å². The van der Waals surface area contributed by atoms with Crippen molar-refractivity contribution in [2.24, 2.45) is 7.05 Å². The molecule has 128 valence electrons. The molecule has 0 saturated heterocycles. The second-order valence-electron chi connectivity index (χ2n) is 5.30.